The van der Waals surface area contributed by atoms with Crippen molar-refractivity contribution in [2.75, 3.05) is 10.6 Å². The number of nitrogens with one attached hydrogen (secondary N) is 3. The minimum Gasteiger partial charge on any atom is -0.459 e. The number of hydrogen-bond acceptors (Lipinski definition) is 5. The zero-order valence-corrected chi connectivity index (χ0v) is 19.7. The van der Waals surface area contributed by atoms with Gasteiger partial charge in [0.2, 0.25) is 5.91 Å². The van der Waals surface area contributed by atoms with E-state index in [0.29, 0.717) is 23.5 Å². The molecule has 0 fully saturated rings. The van der Waals surface area contributed by atoms with Crippen molar-refractivity contribution in [3.05, 3.63) is 120 Å². The van der Waals surface area contributed by atoms with Gasteiger partial charge < -0.3 is 24.8 Å². The third kappa shape index (κ3) is 5.94. The second-order valence-corrected chi connectivity index (χ2v) is 8.38. The highest BCUT2D eigenvalue weighted by atomic mass is 16.3. The van der Waals surface area contributed by atoms with Gasteiger partial charge >= 0.3 is 0 Å². The monoisotopic (exact) mass is 493 g/mol. The van der Waals surface area contributed by atoms with Crippen LogP contribution in [0.2, 0.25) is 0 Å². The molecule has 0 aliphatic heterocycles. The van der Waals surface area contributed by atoms with E-state index in [4.69, 9.17) is 8.83 Å². The lowest BCUT2D eigenvalue weighted by molar-refractivity contribution is -0.120. The lowest BCUT2D eigenvalue weighted by Crippen LogP contribution is -2.24. The van der Waals surface area contributed by atoms with Crippen LogP contribution in [0.4, 0.5) is 11.4 Å². The van der Waals surface area contributed by atoms with Crippen LogP contribution in [0.1, 0.15) is 32.2 Å². The normalized spacial score (nSPS) is 10.7. The van der Waals surface area contributed by atoms with Crippen LogP contribution in [0.25, 0.3) is 11.0 Å². The van der Waals surface area contributed by atoms with Crippen molar-refractivity contribution in [1.82, 2.24) is 5.32 Å². The van der Waals surface area contributed by atoms with Crippen LogP contribution in [0.5, 0.6) is 0 Å². The van der Waals surface area contributed by atoms with Crippen LogP contribution < -0.4 is 16.0 Å². The molecule has 0 unspecified atom stereocenters. The highest BCUT2D eigenvalue weighted by Gasteiger charge is 2.13. The molecule has 5 rings (SSSR count). The summed E-state index contributed by atoms with van der Waals surface area (Å²) in [5.74, 6) is -0.329. The third-order valence-electron chi connectivity index (χ3n) is 5.67. The number of para-hydroxylation sites is 1. The molecule has 0 saturated carbocycles. The van der Waals surface area contributed by atoms with Gasteiger partial charge in [-0.2, -0.15) is 0 Å². The Bertz CT molecular complexity index is 1500. The molecule has 0 saturated heterocycles. The van der Waals surface area contributed by atoms with Crippen molar-refractivity contribution >= 4 is 40.1 Å². The van der Waals surface area contributed by atoms with Crippen molar-refractivity contribution in [3.63, 3.8) is 0 Å². The fraction of sp³-hybridized carbons (Fsp3) is 0.0690. The van der Waals surface area contributed by atoms with Crippen molar-refractivity contribution in [2.45, 2.75) is 13.0 Å². The Kier molecular flexibility index (Phi) is 6.80. The van der Waals surface area contributed by atoms with Gasteiger partial charge in [0, 0.05) is 23.3 Å². The van der Waals surface area contributed by atoms with Gasteiger partial charge in [-0.3, -0.25) is 14.4 Å². The first-order valence-corrected chi connectivity index (χ1v) is 11.6. The maximum absolute atomic E-state index is 12.5. The molecular weight excluding hydrogens is 470 g/mol. The second kappa shape index (κ2) is 10.7. The molecule has 0 atom stereocenters. The fourth-order valence-electron chi connectivity index (χ4n) is 3.75. The summed E-state index contributed by atoms with van der Waals surface area (Å²) in [4.78, 5) is 36.9. The Balaban J connectivity index is 1.09. The van der Waals surface area contributed by atoms with E-state index in [-0.39, 0.29) is 35.7 Å². The number of rotatable bonds is 8. The van der Waals surface area contributed by atoms with E-state index in [1.54, 1.807) is 54.6 Å². The molecule has 0 aliphatic carbocycles. The molecule has 3 aromatic carbocycles. The summed E-state index contributed by atoms with van der Waals surface area (Å²) in [6.45, 7) is 0.358. The van der Waals surface area contributed by atoms with Crippen molar-refractivity contribution in [3.8, 4) is 0 Å². The average Bonchev–Trinajstić information content (AvgIpc) is 3.60. The Labute approximate surface area is 212 Å². The van der Waals surface area contributed by atoms with Gasteiger partial charge in [0.05, 0.1) is 12.7 Å². The molecular formula is C29H23N3O5. The topological polar surface area (TPSA) is 114 Å². The van der Waals surface area contributed by atoms with Crippen molar-refractivity contribution in [1.29, 1.82) is 0 Å². The lowest BCUT2D eigenvalue weighted by Gasteiger charge is -2.08. The van der Waals surface area contributed by atoms with E-state index in [0.717, 1.165) is 16.5 Å². The van der Waals surface area contributed by atoms with Crippen LogP contribution in [0.15, 0.2) is 106 Å². The van der Waals surface area contributed by atoms with Crippen LogP contribution in [0.3, 0.4) is 0 Å². The minimum absolute atomic E-state index is 0.130. The zero-order chi connectivity index (χ0) is 25.6. The summed E-state index contributed by atoms with van der Waals surface area (Å²) in [5, 5.41) is 9.31. The summed E-state index contributed by atoms with van der Waals surface area (Å²) in [5.41, 5.74) is 3.60. The molecule has 37 heavy (non-hydrogen) atoms. The van der Waals surface area contributed by atoms with Crippen LogP contribution in [0, 0.1) is 0 Å². The number of hydrogen-bond donors (Lipinski definition) is 3. The smallest absolute Gasteiger partial charge is 0.291 e. The summed E-state index contributed by atoms with van der Waals surface area (Å²) in [6, 6.07) is 26.7. The Morgan fingerprint density at radius 1 is 0.676 bits per heavy atom. The number of amides is 3. The lowest BCUT2D eigenvalue weighted by atomic mass is 10.1. The van der Waals surface area contributed by atoms with Gasteiger partial charge in [-0.05, 0) is 59.7 Å². The van der Waals surface area contributed by atoms with Crippen molar-refractivity contribution < 1.29 is 23.2 Å². The number of furan rings is 2. The molecule has 2 aromatic heterocycles. The number of carbonyl (C=O) groups is 3. The molecule has 0 aliphatic rings. The maximum atomic E-state index is 12.5. The summed E-state index contributed by atoms with van der Waals surface area (Å²) < 4.78 is 10.7. The number of fused-ring (bicyclic) bond motifs is 1. The molecule has 0 radical (unpaired) electrons. The van der Waals surface area contributed by atoms with E-state index < -0.39 is 0 Å². The minimum atomic E-state index is -0.340. The molecule has 3 N–H and O–H groups in total. The van der Waals surface area contributed by atoms with E-state index in [9.17, 15) is 14.4 Å². The van der Waals surface area contributed by atoms with Crippen LogP contribution >= 0.6 is 0 Å². The van der Waals surface area contributed by atoms with E-state index >= 15 is 0 Å². The van der Waals surface area contributed by atoms with Crippen LogP contribution in [-0.4, -0.2) is 17.7 Å². The number of anilines is 2. The largest absolute Gasteiger partial charge is 0.459 e. The van der Waals surface area contributed by atoms with E-state index in [1.807, 2.05) is 36.4 Å². The van der Waals surface area contributed by atoms with Gasteiger partial charge in [0.15, 0.2) is 11.5 Å². The SMILES string of the molecule is O=C(Cc1ccc(NC(=O)c2cc3ccccc3o2)cc1)NCc1ccc(NC(=O)c2ccco2)cc1. The maximum Gasteiger partial charge on any atom is 0.291 e. The standard InChI is InChI=1S/C29H23N3O5/c33-27(30-18-20-9-13-23(14-10-20)31-28(34)25-6-3-15-36-25)16-19-7-11-22(12-8-19)32-29(35)26-17-21-4-1-2-5-24(21)37-26/h1-15,17H,16,18H2,(H,30,33)(H,31,34)(H,32,35). The molecule has 2 heterocycles. The van der Waals surface area contributed by atoms with Crippen LogP contribution in [-0.2, 0) is 17.8 Å². The molecule has 0 bridgehead atoms. The first-order chi connectivity index (χ1) is 18.0. The molecule has 8 heteroatoms. The molecule has 3 amide bonds. The Morgan fingerprint density at radius 3 is 1.97 bits per heavy atom. The summed E-state index contributed by atoms with van der Waals surface area (Å²) >= 11 is 0. The fourth-order valence-corrected chi connectivity index (χ4v) is 3.75. The quantitative estimate of drug-likeness (QED) is 0.268. The Morgan fingerprint density at radius 2 is 1.32 bits per heavy atom. The van der Waals surface area contributed by atoms with Gasteiger partial charge in [0.25, 0.3) is 11.8 Å². The average molecular weight is 494 g/mol. The summed E-state index contributed by atoms with van der Waals surface area (Å²) in [7, 11) is 0. The highest BCUT2D eigenvalue weighted by molar-refractivity contribution is 6.04. The summed E-state index contributed by atoms with van der Waals surface area (Å²) in [6.07, 6.45) is 1.64. The second-order valence-electron chi connectivity index (χ2n) is 8.38. The predicted octanol–water partition coefficient (Wildman–Crippen LogP) is 5.39. The Hall–Kier alpha value is -5.11. The van der Waals surface area contributed by atoms with Gasteiger partial charge in [0.1, 0.15) is 5.58 Å². The first-order valence-electron chi connectivity index (χ1n) is 11.6. The molecule has 184 valence electrons. The van der Waals surface area contributed by atoms with Crippen molar-refractivity contribution in [2.24, 2.45) is 0 Å². The molecule has 0 spiro atoms. The van der Waals surface area contributed by atoms with E-state index in [1.165, 1.54) is 6.26 Å². The molecule has 5 aromatic rings. The highest BCUT2D eigenvalue weighted by Crippen LogP contribution is 2.20. The van der Waals surface area contributed by atoms with Gasteiger partial charge in [-0.15, -0.1) is 0 Å². The van der Waals surface area contributed by atoms with E-state index in [2.05, 4.69) is 16.0 Å². The third-order valence-corrected chi connectivity index (χ3v) is 5.67. The number of benzene rings is 3. The zero-order valence-electron chi connectivity index (χ0n) is 19.7. The van der Waals surface area contributed by atoms with Gasteiger partial charge in [-0.1, -0.05) is 42.5 Å². The first kappa shape index (κ1) is 23.6. The van der Waals surface area contributed by atoms with Gasteiger partial charge in [-0.25, -0.2) is 0 Å². The predicted molar refractivity (Wildman–Crippen MR) is 139 cm³/mol. The number of carbonyl (C=O) groups excluding carboxylic acids is 3. The molecule has 8 nitrogen and oxygen atoms in total.